The molecule has 0 spiro atoms. The fourth-order valence-corrected chi connectivity index (χ4v) is 3.74. The minimum Gasteiger partial charge on any atom is -0.480 e. The molecule has 4 amide bonds. The Bertz CT molecular complexity index is 484. The average molecular weight is 315 g/mol. The van der Waals surface area contributed by atoms with Gasteiger partial charge in [0.25, 0.3) is 0 Å². The zero-order valence-corrected chi connectivity index (χ0v) is 12.3. The van der Waals surface area contributed by atoms with Gasteiger partial charge in [-0.25, -0.2) is 9.59 Å². The molecule has 3 atom stereocenters. The molecule has 2 rings (SSSR count). The minimum absolute atomic E-state index is 0.158. The molecule has 2 saturated heterocycles. The van der Waals surface area contributed by atoms with E-state index in [-0.39, 0.29) is 24.1 Å². The predicted octanol–water partition coefficient (Wildman–Crippen LogP) is -0.261. The Morgan fingerprint density at radius 3 is 2.76 bits per heavy atom. The summed E-state index contributed by atoms with van der Waals surface area (Å²) in [6, 6.07) is -2.27. The Balaban J connectivity index is 2.05. The summed E-state index contributed by atoms with van der Waals surface area (Å²) in [6.07, 6.45) is 1.01. The second-order valence-electron chi connectivity index (χ2n) is 4.91. The minimum atomic E-state index is -1.06. The molecule has 0 saturated carbocycles. The van der Waals surface area contributed by atoms with Crippen LogP contribution in [0.4, 0.5) is 4.79 Å². The van der Waals surface area contributed by atoms with Gasteiger partial charge in [0.2, 0.25) is 11.8 Å². The van der Waals surface area contributed by atoms with Gasteiger partial charge in [0, 0.05) is 12.2 Å². The summed E-state index contributed by atoms with van der Waals surface area (Å²) in [7, 11) is 0. The van der Waals surface area contributed by atoms with Gasteiger partial charge in [-0.2, -0.15) is 0 Å². The first kappa shape index (κ1) is 15.6. The summed E-state index contributed by atoms with van der Waals surface area (Å²) < 4.78 is 0. The Kier molecular flexibility index (Phi) is 4.71. The van der Waals surface area contributed by atoms with Crippen molar-refractivity contribution in [1.82, 2.24) is 15.5 Å². The highest BCUT2D eigenvalue weighted by atomic mass is 32.2. The highest BCUT2D eigenvalue weighted by Gasteiger charge is 2.42. The monoisotopic (exact) mass is 315 g/mol. The van der Waals surface area contributed by atoms with E-state index >= 15 is 0 Å². The summed E-state index contributed by atoms with van der Waals surface area (Å²) >= 11 is 1.41. The topological polar surface area (TPSA) is 116 Å². The van der Waals surface area contributed by atoms with Crippen LogP contribution in [-0.4, -0.2) is 57.0 Å². The Labute approximate surface area is 125 Å². The fraction of sp³-hybridized carbons (Fsp3) is 0.667. The van der Waals surface area contributed by atoms with Crippen LogP contribution in [0, 0.1) is 0 Å². The van der Waals surface area contributed by atoms with Crippen molar-refractivity contribution in [2.75, 3.05) is 5.75 Å². The number of piperidine rings is 1. The number of carboxylic acid groups (broad SMARTS) is 1. The quantitative estimate of drug-likeness (QED) is 0.618. The summed E-state index contributed by atoms with van der Waals surface area (Å²) in [5.41, 5.74) is 0. The predicted molar refractivity (Wildman–Crippen MR) is 74.5 cm³/mol. The smallest absolute Gasteiger partial charge is 0.327 e. The van der Waals surface area contributed by atoms with Crippen LogP contribution in [0.1, 0.15) is 26.2 Å². The first-order chi connectivity index (χ1) is 9.93. The standard InChI is InChI=1S/C12H17N3O5S/c1-2-9-15(7(5-21-9)11(18)19)12(20)13-6-3-4-8(16)14-10(6)17/h6-7,9H,2-5H2,1H3,(H,13,20)(H,18,19)(H,14,16,17). The lowest BCUT2D eigenvalue weighted by atomic mass is 10.1. The molecular weight excluding hydrogens is 298 g/mol. The zero-order valence-electron chi connectivity index (χ0n) is 11.5. The molecule has 8 nitrogen and oxygen atoms in total. The van der Waals surface area contributed by atoms with E-state index in [1.54, 1.807) is 0 Å². The summed E-state index contributed by atoms with van der Waals surface area (Å²) in [6.45, 7) is 1.87. The molecule has 3 N–H and O–H groups in total. The van der Waals surface area contributed by atoms with Crippen molar-refractivity contribution in [3.8, 4) is 0 Å². The van der Waals surface area contributed by atoms with Crippen LogP contribution in [0.3, 0.4) is 0 Å². The van der Waals surface area contributed by atoms with E-state index in [2.05, 4.69) is 10.6 Å². The van der Waals surface area contributed by atoms with Gasteiger partial charge in [0.1, 0.15) is 12.1 Å². The van der Waals surface area contributed by atoms with Crippen molar-refractivity contribution in [1.29, 1.82) is 0 Å². The number of carbonyl (C=O) groups excluding carboxylic acids is 3. The van der Waals surface area contributed by atoms with E-state index in [4.69, 9.17) is 0 Å². The molecule has 2 aliphatic heterocycles. The number of aliphatic carboxylic acids is 1. The number of hydrogen-bond acceptors (Lipinski definition) is 5. The number of thioether (sulfide) groups is 1. The van der Waals surface area contributed by atoms with Gasteiger partial charge in [-0.1, -0.05) is 6.92 Å². The number of nitrogens with zero attached hydrogens (tertiary/aromatic N) is 1. The van der Waals surface area contributed by atoms with Gasteiger partial charge >= 0.3 is 12.0 Å². The molecule has 0 bridgehead atoms. The molecule has 2 heterocycles. The molecule has 0 aromatic carbocycles. The van der Waals surface area contributed by atoms with Crippen LogP contribution < -0.4 is 10.6 Å². The number of imide groups is 1. The van der Waals surface area contributed by atoms with Crippen molar-refractivity contribution in [2.45, 2.75) is 43.6 Å². The fourth-order valence-electron chi connectivity index (χ4n) is 2.40. The van der Waals surface area contributed by atoms with Crippen LogP contribution in [-0.2, 0) is 14.4 Å². The maximum atomic E-state index is 12.3. The van der Waals surface area contributed by atoms with Crippen LogP contribution >= 0.6 is 11.8 Å². The molecule has 0 radical (unpaired) electrons. The normalized spacial score (nSPS) is 29.2. The largest absolute Gasteiger partial charge is 0.480 e. The van der Waals surface area contributed by atoms with Gasteiger partial charge in [0.05, 0.1) is 5.37 Å². The first-order valence-electron chi connectivity index (χ1n) is 6.71. The van der Waals surface area contributed by atoms with Crippen molar-refractivity contribution < 1.29 is 24.3 Å². The molecule has 9 heteroatoms. The molecule has 116 valence electrons. The van der Waals surface area contributed by atoms with E-state index in [1.807, 2.05) is 6.92 Å². The van der Waals surface area contributed by atoms with Gasteiger partial charge in [-0.3, -0.25) is 19.8 Å². The molecular formula is C12H17N3O5S. The van der Waals surface area contributed by atoms with Gasteiger partial charge in [0.15, 0.2) is 0 Å². The Morgan fingerprint density at radius 1 is 1.48 bits per heavy atom. The Hall–Kier alpha value is -1.77. The third-order valence-electron chi connectivity index (χ3n) is 3.50. The zero-order chi connectivity index (χ0) is 15.6. The first-order valence-corrected chi connectivity index (χ1v) is 7.75. The molecule has 3 unspecified atom stereocenters. The molecule has 0 aromatic heterocycles. The number of amides is 4. The second-order valence-corrected chi connectivity index (χ2v) is 6.12. The highest BCUT2D eigenvalue weighted by Crippen LogP contribution is 2.31. The van der Waals surface area contributed by atoms with E-state index in [1.165, 1.54) is 16.7 Å². The second kappa shape index (κ2) is 6.33. The van der Waals surface area contributed by atoms with E-state index in [0.717, 1.165) is 0 Å². The van der Waals surface area contributed by atoms with Crippen molar-refractivity contribution in [3.05, 3.63) is 0 Å². The van der Waals surface area contributed by atoms with Crippen LogP contribution in [0.2, 0.25) is 0 Å². The summed E-state index contributed by atoms with van der Waals surface area (Å²) in [5, 5.41) is 13.6. The number of carboxylic acids is 1. The number of hydrogen-bond donors (Lipinski definition) is 3. The maximum absolute atomic E-state index is 12.3. The molecule has 2 aliphatic rings. The SMILES string of the molecule is CCC1SCC(C(=O)O)N1C(=O)NC1CCC(=O)NC1=O. The number of rotatable bonds is 3. The molecule has 2 fully saturated rings. The van der Waals surface area contributed by atoms with E-state index in [0.29, 0.717) is 12.2 Å². The van der Waals surface area contributed by atoms with Crippen LogP contribution in [0.25, 0.3) is 0 Å². The lowest BCUT2D eigenvalue weighted by Crippen LogP contribution is -2.57. The van der Waals surface area contributed by atoms with Crippen LogP contribution in [0.5, 0.6) is 0 Å². The third-order valence-corrected chi connectivity index (χ3v) is 4.95. The van der Waals surface area contributed by atoms with Crippen LogP contribution in [0.15, 0.2) is 0 Å². The number of urea groups is 1. The third kappa shape index (κ3) is 3.29. The van der Waals surface area contributed by atoms with Crippen molar-refractivity contribution >= 4 is 35.6 Å². The lowest BCUT2D eigenvalue weighted by Gasteiger charge is -2.30. The van der Waals surface area contributed by atoms with E-state index < -0.39 is 30.0 Å². The Morgan fingerprint density at radius 2 is 2.19 bits per heavy atom. The van der Waals surface area contributed by atoms with Gasteiger partial charge < -0.3 is 10.4 Å². The lowest BCUT2D eigenvalue weighted by molar-refractivity contribution is -0.141. The van der Waals surface area contributed by atoms with Crippen molar-refractivity contribution in [2.24, 2.45) is 0 Å². The average Bonchev–Trinajstić information content (AvgIpc) is 2.86. The van der Waals surface area contributed by atoms with Crippen molar-refractivity contribution in [3.63, 3.8) is 0 Å². The van der Waals surface area contributed by atoms with Gasteiger partial charge in [-0.15, -0.1) is 11.8 Å². The number of carbonyl (C=O) groups is 4. The summed E-state index contributed by atoms with van der Waals surface area (Å²) in [4.78, 5) is 47.5. The molecule has 0 aromatic rings. The molecule has 21 heavy (non-hydrogen) atoms. The van der Waals surface area contributed by atoms with E-state index in [9.17, 15) is 24.3 Å². The number of nitrogens with one attached hydrogen (secondary N) is 2. The maximum Gasteiger partial charge on any atom is 0.327 e. The highest BCUT2D eigenvalue weighted by molar-refractivity contribution is 8.00. The van der Waals surface area contributed by atoms with Gasteiger partial charge in [-0.05, 0) is 12.8 Å². The molecule has 0 aliphatic carbocycles. The summed E-state index contributed by atoms with van der Waals surface area (Å²) in [5.74, 6) is -1.64.